The lowest BCUT2D eigenvalue weighted by Crippen LogP contribution is -1.92. The van der Waals surface area contributed by atoms with Crippen molar-refractivity contribution >= 4 is 54.6 Å². The summed E-state index contributed by atoms with van der Waals surface area (Å²) in [7, 11) is 0. The lowest BCUT2D eigenvalue weighted by molar-refractivity contribution is 0.643. The van der Waals surface area contributed by atoms with Crippen molar-refractivity contribution in [3.8, 4) is 11.3 Å². The number of aryl methyl sites for hydroxylation is 1. The summed E-state index contributed by atoms with van der Waals surface area (Å²) in [6, 6.07) is 25.6. The minimum absolute atomic E-state index is 0.607. The topological polar surface area (TPSA) is 39.2 Å². The van der Waals surface area contributed by atoms with E-state index in [1.54, 1.807) is 0 Å². The highest BCUT2D eigenvalue weighted by atomic mass is 16.3. The number of benzene rings is 4. The van der Waals surface area contributed by atoms with Crippen molar-refractivity contribution in [1.82, 2.24) is 4.98 Å². The highest BCUT2D eigenvalue weighted by molar-refractivity contribution is 6.18. The first kappa shape index (κ1) is 20.3. The molecule has 3 heteroatoms. The molecule has 0 atom stereocenters. The molecule has 0 fully saturated rings. The largest absolute Gasteiger partial charge is 0.455 e. The molecular weight excluding hydrogens is 430 g/mol. The highest BCUT2D eigenvalue weighted by Gasteiger charge is 2.18. The summed E-state index contributed by atoms with van der Waals surface area (Å²) in [6.07, 6.45) is 2.92. The molecule has 0 aliphatic carbocycles. The van der Waals surface area contributed by atoms with Gasteiger partial charge in [0, 0.05) is 44.1 Å². The van der Waals surface area contributed by atoms with Gasteiger partial charge in [-0.05, 0) is 66.8 Å². The first-order chi connectivity index (χ1) is 17.1. The van der Waals surface area contributed by atoms with Crippen molar-refractivity contribution in [2.45, 2.75) is 27.2 Å². The van der Waals surface area contributed by atoms with E-state index in [2.05, 4.69) is 81.4 Å². The van der Waals surface area contributed by atoms with Gasteiger partial charge in [0.2, 0.25) is 0 Å². The number of hydrogen-bond acceptors (Lipinski definition) is 3. The SMILES string of the molecule is Cc1cc(-c2nccc3c2ccc2c4ccc(CC(C)C)cc4oc32)c2oc3ccccc3c2c1. The monoisotopic (exact) mass is 455 g/mol. The summed E-state index contributed by atoms with van der Waals surface area (Å²) >= 11 is 0. The molecule has 3 aromatic heterocycles. The van der Waals surface area contributed by atoms with Crippen LogP contribution in [0.5, 0.6) is 0 Å². The maximum atomic E-state index is 6.49. The first-order valence-electron chi connectivity index (χ1n) is 12.2. The maximum absolute atomic E-state index is 6.49. The van der Waals surface area contributed by atoms with Crippen molar-refractivity contribution in [3.05, 3.63) is 90.1 Å². The molecule has 0 saturated carbocycles. The minimum Gasteiger partial charge on any atom is -0.455 e. The molecule has 3 nitrogen and oxygen atoms in total. The average Bonchev–Trinajstić information content (AvgIpc) is 3.41. The van der Waals surface area contributed by atoms with E-state index in [9.17, 15) is 0 Å². The van der Waals surface area contributed by atoms with Crippen LogP contribution in [0.25, 0.3) is 65.9 Å². The van der Waals surface area contributed by atoms with Crippen LogP contribution in [-0.4, -0.2) is 4.98 Å². The summed E-state index contributed by atoms with van der Waals surface area (Å²) < 4.78 is 12.8. The zero-order valence-corrected chi connectivity index (χ0v) is 20.1. The van der Waals surface area contributed by atoms with Gasteiger partial charge in [-0.15, -0.1) is 0 Å². The van der Waals surface area contributed by atoms with E-state index in [0.29, 0.717) is 5.92 Å². The Hall–Kier alpha value is -4.11. The third-order valence-corrected chi connectivity index (χ3v) is 6.97. The standard InChI is InChI=1S/C32H25NO2/c1-18(2)14-20-8-9-22-24-11-10-23-25(31(24)35-29(22)17-20)12-13-33-30(23)27-16-19(3)15-26-21-6-4-5-7-28(21)34-32(26)27/h4-13,15-18H,14H2,1-3H3. The van der Waals surface area contributed by atoms with Gasteiger partial charge in [0.15, 0.2) is 0 Å². The first-order valence-corrected chi connectivity index (χ1v) is 12.2. The maximum Gasteiger partial charge on any atom is 0.144 e. The van der Waals surface area contributed by atoms with Crippen LogP contribution < -0.4 is 0 Å². The number of pyridine rings is 1. The number of rotatable bonds is 3. The molecular formula is C32H25NO2. The second kappa shape index (κ2) is 7.44. The van der Waals surface area contributed by atoms with Crippen LogP contribution in [0.1, 0.15) is 25.0 Å². The number of para-hydroxylation sites is 1. The molecule has 0 aliphatic heterocycles. The molecule has 7 aromatic rings. The predicted octanol–water partition coefficient (Wildman–Crippen LogP) is 9.21. The van der Waals surface area contributed by atoms with Crippen LogP contribution in [0.4, 0.5) is 0 Å². The Morgan fingerprint density at radius 3 is 2.31 bits per heavy atom. The molecule has 0 bridgehead atoms. The zero-order chi connectivity index (χ0) is 23.7. The van der Waals surface area contributed by atoms with Gasteiger partial charge in [-0.1, -0.05) is 50.2 Å². The van der Waals surface area contributed by atoms with E-state index >= 15 is 0 Å². The van der Waals surface area contributed by atoms with Gasteiger partial charge in [-0.2, -0.15) is 0 Å². The molecule has 0 spiro atoms. The quantitative estimate of drug-likeness (QED) is 0.266. The average molecular weight is 456 g/mol. The normalized spacial score (nSPS) is 12.2. The van der Waals surface area contributed by atoms with E-state index in [4.69, 9.17) is 13.8 Å². The van der Waals surface area contributed by atoms with Crippen LogP contribution in [0.15, 0.2) is 87.8 Å². The van der Waals surface area contributed by atoms with E-state index in [1.165, 1.54) is 11.1 Å². The van der Waals surface area contributed by atoms with E-state index < -0.39 is 0 Å². The van der Waals surface area contributed by atoms with Crippen molar-refractivity contribution in [2.75, 3.05) is 0 Å². The van der Waals surface area contributed by atoms with Gasteiger partial charge in [0.05, 0.1) is 5.69 Å². The van der Waals surface area contributed by atoms with Crippen LogP contribution in [0.3, 0.4) is 0 Å². The Morgan fingerprint density at radius 2 is 1.43 bits per heavy atom. The number of fused-ring (bicyclic) bond motifs is 8. The van der Waals surface area contributed by atoms with E-state index in [-0.39, 0.29) is 0 Å². The van der Waals surface area contributed by atoms with Crippen LogP contribution in [0, 0.1) is 12.8 Å². The lowest BCUT2D eigenvalue weighted by atomic mass is 9.98. The smallest absolute Gasteiger partial charge is 0.144 e. The summed E-state index contributed by atoms with van der Waals surface area (Å²) in [5, 5.41) is 6.68. The second-order valence-electron chi connectivity index (χ2n) is 10.0. The Balaban J connectivity index is 1.51. The molecule has 170 valence electrons. The summed E-state index contributed by atoms with van der Waals surface area (Å²) in [5.41, 5.74) is 8.04. The summed E-state index contributed by atoms with van der Waals surface area (Å²) in [6.45, 7) is 6.62. The molecule has 0 aliphatic rings. The molecule has 3 heterocycles. The molecule has 0 amide bonds. The second-order valence-corrected chi connectivity index (χ2v) is 10.0. The lowest BCUT2D eigenvalue weighted by Gasteiger charge is -2.08. The van der Waals surface area contributed by atoms with Gasteiger partial charge >= 0.3 is 0 Å². The highest BCUT2D eigenvalue weighted by Crippen LogP contribution is 2.41. The van der Waals surface area contributed by atoms with Gasteiger partial charge < -0.3 is 8.83 Å². The summed E-state index contributed by atoms with van der Waals surface area (Å²) in [5.74, 6) is 0.607. The van der Waals surface area contributed by atoms with Crippen molar-refractivity contribution in [1.29, 1.82) is 0 Å². The van der Waals surface area contributed by atoms with Crippen molar-refractivity contribution in [2.24, 2.45) is 5.92 Å². The Morgan fingerprint density at radius 1 is 0.686 bits per heavy atom. The molecule has 0 radical (unpaired) electrons. The zero-order valence-electron chi connectivity index (χ0n) is 20.1. The third kappa shape index (κ3) is 3.08. The number of hydrogen-bond donors (Lipinski definition) is 0. The molecule has 0 unspecified atom stereocenters. The van der Waals surface area contributed by atoms with E-state index in [0.717, 1.165) is 72.3 Å². The Labute approximate surface area is 203 Å². The predicted molar refractivity (Wildman–Crippen MR) is 145 cm³/mol. The Kier molecular flexibility index (Phi) is 4.31. The van der Waals surface area contributed by atoms with Gasteiger partial charge in [0.1, 0.15) is 22.3 Å². The van der Waals surface area contributed by atoms with Gasteiger partial charge in [-0.25, -0.2) is 0 Å². The van der Waals surface area contributed by atoms with Crippen LogP contribution >= 0.6 is 0 Å². The molecule has 35 heavy (non-hydrogen) atoms. The van der Waals surface area contributed by atoms with Crippen LogP contribution in [0.2, 0.25) is 0 Å². The minimum atomic E-state index is 0.607. The summed E-state index contributed by atoms with van der Waals surface area (Å²) in [4.78, 5) is 4.84. The van der Waals surface area contributed by atoms with Crippen LogP contribution in [-0.2, 0) is 6.42 Å². The van der Waals surface area contributed by atoms with Crippen molar-refractivity contribution < 1.29 is 8.83 Å². The Bertz CT molecular complexity index is 1920. The fraction of sp³-hybridized carbons (Fsp3) is 0.156. The van der Waals surface area contributed by atoms with Gasteiger partial charge in [-0.3, -0.25) is 4.98 Å². The molecule has 0 saturated heterocycles. The van der Waals surface area contributed by atoms with Crippen molar-refractivity contribution in [3.63, 3.8) is 0 Å². The number of aromatic nitrogens is 1. The fourth-order valence-electron chi connectivity index (χ4n) is 5.49. The van der Waals surface area contributed by atoms with Gasteiger partial charge in [0.25, 0.3) is 0 Å². The molecule has 7 rings (SSSR count). The molecule has 4 aromatic carbocycles. The van der Waals surface area contributed by atoms with E-state index in [1.807, 2.05) is 18.3 Å². The number of nitrogens with zero attached hydrogens (tertiary/aromatic N) is 1. The number of furan rings is 2. The third-order valence-electron chi connectivity index (χ3n) is 6.97. The fourth-order valence-corrected chi connectivity index (χ4v) is 5.49. The molecule has 0 N–H and O–H groups in total.